The molecule has 0 aromatic heterocycles. The summed E-state index contributed by atoms with van der Waals surface area (Å²) in [5.74, 6) is -4.06. The van der Waals surface area contributed by atoms with Gasteiger partial charge in [0.1, 0.15) is 13.1 Å². The van der Waals surface area contributed by atoms with Crippen LogP contribution in [0.15, 0.2) is 0 Å². The van der Waals surface area contributed by atoms with E-state index in [9.17, 15) is 19.2 Å². The van der Waals surface area contributed by atoms with Gasteiger partial charge in [0.2, 0.25) is 0 Å². The lowest BCUT2D eigenvalue weighted by molar-refractivity contribution is -0.140. The molecule has 0 rings (SSSR count). The summed E-state index contributed by atoms with van der Waals surface area (Å²) in [6.45, 7) is 0.962. The molecular formula is C14H24I2N4O8. The van der Waals surface area contributed by atoms with Gasteiger partial charge in [-0.25, -0.2) is 6.23 Å². The lowest BCUT2D eigenvalue weighted by Crippen LogP contribution is -2.44. The Morgan fingerprint density at radius 1 is 0.500 bits per heavy atom. The van der Waals surface area contributed by atoms with E-state index in [1.807, 2.05) is 45.7 Å². The highest BCUT2D eigenvalue weighted by molar-refractivity contribution is 14.1. The summed E-state index contributed by atoms with van der Waals surface area (Å²) >= 11 is 3.70. The molecule has 0 saturated carbocycles. The largest absolute Gasteiger partial charge is 0.480 e. The van der Waals surface area contributed by atoms with Crippen molar-refractivity contribution in [3.05, 3.63) is 0 Å². The Labute approximate surface area is 190 Å². The fraction of sp³-hybridized carbons (Fsp3) is 0.714. The normalized spacial score (nSPS) is 11.5. The Balaban J connectivity index is 4.67. The van der Waals surface area contributed by atoms with Gasteiger partial charge in [0.25, 0.3) is 0 Å². The summed E-state index contributed by atoms with van der Waals surface area (Å²) in [5, 5.41) is 35.6. The molecule has 0 aromatic carbocycles. The number of carboxylic acids is 4. The van der Waals surface area contributed by atoms with Crippen molar-refractivity contribution in [1.29, 1.82) is 0 Å². The number of hydrogen-bond donors (Lipinski definition) is 4. The molecule has 0 aromatic rings. The van der Waals surface area contributed by atoms with Crippen LogP contribution in [-0.2, 0) is 19.2 Å². The van der Waals surface area contributed by atoms with Gasteiger partial charge in [-0.2, -0.15) is 0 Å². The van der Waals surface area contributed by atoms with Crippen LogP contribution in [0.3, 0.4) is 0 Å². The summed E-state index contributed by atoms with van der Waals surface area (Å²) in [6, 6.07) is 0. The number of aliphatic carboxylic acids is 4. The van der Waals surface area contributed by atoms with E-state index in [1.54, 1.807) is 9.80 Å². The third-order valence-corrected chi connectivity index (χ3v) is 5.03. The molecule has 0 aliphatic rings. The maximum absolute atomic E-state index is 11.1. The molecule has 0 fully saturated rings. The fourth-order valence-electron chi connectivity index (χ4n) is 2.16. The second-order valence-corrected chi connectivity index (χ2v) is 8.55. The molecule has 14 heteroatoms. The zero-order valence-electron chi connectivity index (χ0n) is 15.0. The smallest absolute Gasteiger partial charge is 0.318 e. The first-order valence-corrected chi connectivity index (χ1v) is 10.1. The van der Waals surface area contributed by atoms with Gasteiger partial charge < -0.3 is 20.4 Å². The number of hydrogen-bond acceptors (Lipinski definition) is 8. The van der Waals surface area contributed by atoms with Crippen LogP contribution in [-0.4, -0.2) is 126 Å². The number of halogens is 2. The molecule has 162 valence electrons. The zero-order chi connectivity index (χ0) is 21.7. The van der Waals surface area contributed by atoms with E-state index < -0.39 is 23.9 Å². The van der Waals surface area contributed by atoms with E-state index in [0.29, 0.717) is 26.2 Å². The fourth-order valence-corrected chi connectivity index (χ4v) is 3.17. The standard InChI is InChI=1S/C14H24I2N4O8/c15-19(9-13(25)26)5-3-17(7-11(21)22)1-2-18(8-12(23)24)4-6-20(16)10-14(27)28/h1-10H2,(H,21,22)(H,23,24)(H,25,26)(H,27,28). The minimum atomic E-state index is -1.04. The van der Waals surface area contributed by atoms with Gasteiger partial charge in [-0.15, -0.1) is 0 Å². The highest BCUT2D eigenvalue weighted by Gasteiger charge is 2.17. The third-order valence-electron chi connectivity index (χ3n) is 3.38. The predicted molar refractivity (Wildman–Crippen MR) is 115 cm³/mol. The second kappa shape index (κ2) is 15.1. The van der Waals surface area contributed by atoms with Crippen molar-refractivity contribution < 1.29 is 39.6 Å². The minimum Gasteiger partial charge on any atom is -0.480 e. The summed E-state index contributed by atoms with van der Waals surface area (Å²) in [5.41, 5.74) is 0. The maximum atomic E-state index is 11.1. The number of nitrogens with zero attached hydrogens (tertiary/aromatic N) is 4. The van der Waals surface area contributed by atoms with Crippen LogP contribution in [0.1, 0.15) is 0 Å². The second-order valence-electron chi connectivity index (χ2n) is 5.82. The highest BCUT2D eigenvalue weighted by Crippen LogP contribution is 2.02. The van der Waals surface area contributed by atoms with Gasteiger partial charge in [0.05, 0.1) is 13.1 Å². The quantitative estimate of drug-likeness (QED) is 0.118. The topological polar surface area (TPSA) is 162 Å². The molecule has 12 nitrogen and oxygen atoms in total. The third kappa shape index (κ3) is 16.2. The first kappa shape index (κ1) is 27.2. The number of rotatable bonds is 17. The predicted octanol–water partition coefficient (Wildman–Crippen LogP) is -0.767. The van der Waals surface area contributed by atoms with Gasteiger partial charge in [-0.05, 0) is 0 Å². The van der Waals surface area contributed by atoms with E-state index in [-0.39, 0.29) is 39.3 Å². The van der Waals surface area contributed by atoms with Crippen LogP contribution >= 0.6 is 45.7 Å². The molecule has 0 atom stereocenters. The summed E-state index contributed by atoms with van der Waals surface area (Å²) in [4.78, 5) is 46.7. The van der Waals surface area contributed by atoms with Crippen molar-refractivity contribution >= 4 is 69.6 Å². The Morgan fingerprint density at radius 3 is 1.00 bits per heavy atom. The molecule has 0 bridgehead atoms. The minimum absolute atomic E-state index is 0.179. The van der Waals surface area contributed by atoms with Crippen LogP contribution in [0, 0.1) is 0 Å². The van der Waals surface area contributed by atoms with Crippen LogP contribution in [0.2, 0.25) is 0 Å². The van der Waals surface area contributed by atoms with Crippen molar-refractivity contribution in [1.82, 2.24) is 16.0 Å². The number of carboxylic acid groups (broad SMARTS) is 4. The molecular weight excluding hydrogens is 606 g/mol. The van der Waals surface area contributed by atoms with E-state index in [0.717, 1.165) is 0 Å². The van der Waals surface area contributed by atoms with Crippen molar-refractivity contribution in [2.75, 3.05) is 65.4 Å². The molecule has 28 heavy (non-hydrogen) atoms. The van der Waals surface area contributed by atoms with Gasteiger partial charge in [0, 0.05) is 85.0 Å². The Hall–Kier alpha value is -0.820. The van der Waals surface area contributed by atoms with Gasteiger partial charge in [-0.3, -0.25) is 29.0 Å². The van der Waals surface area contributed by atoms with E-state index in [4.69, 9.17) is 20.4 Å². The Kier molecular flexibility index (Phi) is 14.6. The van der Waals surface area contributed by atoms with Crippen LogP contribution in [0.5, 0.6) is 0 Å². The number of carbonyl (C=O) groups is 4. The monoisotopic (exact) mass is 630 g/mol. The first-order chi connectivity index (χ1) is 13.0. The molecule has 0 aliphatic carbocycles. The molecule has 0 spiro atoms. The average molecular weight is 630 g/mol. The van der Waals surface area contributed by atoms with Crippen molar-refractivity contribution in [3.63, 3.8) is 0 Å². The SMILES string of the molecule is O=C(O)CN(I)CCN(CCN(CCN(I)CC(=O)O)CC(=O)O)CC(=O)O. The molecule has 0 saturated heterocycles. The van der Waals surface area contributed by atoms with Crippen molar-refractivity contribution in [2.24, 2.45) is 0 Å². The van der Waals surface area contributed by atoms with Gasteiger partial charge in [0.15, 0.2) is 0 Å². The van der Waals surface area contributed by atoms with Crippen LogP contribution < -0.4 is 0 Å². The lowest BCUT2D eigenvalue weighted by Gasteiger charge is -2.27. The van der Waals surface area contributed by atoms with Gasteiger partial charge in [-0.1, -0.05) is 0 Å². The summed E-state index contributed by atoms with van der Waals surface area (Å²) in [7, 11) is 0. The average Bonchev–Trinajstić information content (AvgIpc) is 2.52. The molecule has 0 amide bonds. The molecule has 0 unspecified atom stereocenters. The molecule has 4 N–H and O–H groups in total. The maximum Gasteiger partial charge on any atom is 0.318 e. The summed E-state index contributed by atoms with van der Waals surface area (Å²) in [6.07, 6.45) is 0. The Morgan fingerprint density at radius 2 is 0.750 bits per heavy atom. The van der Waals surface area contributed by atoms with E-state index >= 15 is 0 Å². The van der Waals surface area contributed by atoms with E-state index in [1.165, 1.54) is 6.23 Å². The molecule has 0 aliphatic heterocycles. The highest BCUT2D eigenvalue weighted by atomic mass is 127. The first-order valence-electron chi connectivity index (χ1n) is 8.13. The summed E-state index contributed by atoms with van der Waals surface area (Å²) < 4.78 is 3.04. The molecule has 0 radical (unpaired) electrons. The van der Waals surface area contributed by atoms with Crippen LogP contribution in [0.25, 0.3) is 0 Å². The van der Waals surface area contributed by atoms with Gasteiger partial charge >= 0.3 is 23.9 Å². The zero-order valence-corrected chi connectivity index (χ0v) is 19.4. The van der Waals surface area contributed by atoms with Crippen molar-refractivity contribution in [2.45, 2.75) is 0 Å². The van der Waals surface area contributed by atoms with E-state index in [2.05, 4.69) is 0 Å². The Bertz CT molecular complexity index is 493. The van der Waals surface area contributed by atoms with Crippen LogP contribution in [0.4, 0.5) is 0 Å². The molecule has 0 heterocycles. The van der Waals surface area contributed by atoms with Crippen molar-refractivity contribution in [3.8, 4) is 0 Å². The lowest BCUT2D eigenvalue weighted by atomic mass is 10.3.